The number of carboxylic acid groups (broad SMARTS) is 1. The van der Waals surface area contributed by atoms with Crippen molar-refractivity contribution in [1.82, 2.24) is 15.5 Å². The fourth-order valence-electron chi connectivity index (χ4n) is 4.68. The van der Waals surface area contributed by atoms with Gasteiger partial charge in [-0.1, -0.05) is 25.0 Å². The number of alkyl carbamates (subject to hydrolysis) is 1. The van der Waals surface area contributed by atoms with E-state index in [-0.39, 0.29) is 25.0 Å². The predicted octanol–water partition coefficient (Wildman–Crippen LogP) is 1.98. The molecule has 1 saturated carbocycles. The number of aliphatic carboxylic acids is 1. The maximum absolute atomic E-state index is 13.6. The molecule has 0 aromatic heterocycles. The Bertz CT molecular complexity index is 837. The van der Waals surface area contributed by atoms with Crippen LogP contribution in [0.4, 0.5) is 4.79 Å². The van der Waals surface area contributed by atoms with Crippen molar-refractivity contribution in [2.24, 2.45) is 5.92 Å². The number of ether oxygens (including phenoxy) is 2. The second-order valence-electron chi connectivity index (χ2n) is 10.4. The molecule has 5 atom stereocenters. The molecule has 2 heterocycles. The molecule has 3 amide bonds. The molecular formula is C24H37N3O7. The molecule has 0 radical (unpaired) electrons. The third kappa shape index (κ3) is 6.08. The number of amides is 3. The number of nitrogens with one attached hydrogen (secondary N) is 2. The highest BCUT2D eigenvalue weighted by atomic mass is 16.6. The smallest absolute Gasteiger partial charge is 0.408 e. The first-order chi connectivity index (χ1) is 16.0. The Morgan fingerprint density at radius 2 is 1.97 bits per heavy atom. The molecule has 1 aliphatic carbocycles. The molecule has 0 bridgehead atoms. The third-order valence-electron chi connectivity index (χ3n) is 6.65. The van der Waals surface area contributed by atoms with Crippen LogP contribution in [0, 0.1) is 5.92 Å². The van der Waals surface area contributed by atoms with Crippen molar-refractivity contribution in [3.05, 3.63) is 12.2 Å². The van der Waals surface area contributed by atoms with Crippen molar-refractivity contribution in [1.29, 1.82) is 0 Å². The van der Waals surface area contributed by atoms with Gasteiger partial charge in [-0.25, -0.2) is 9.59 Å². The van der Waals surface area contributed by atoms with Gasteiger partial charge in [0.15, 0.2) is 0 Å². The third-order valence-corrected chi connectivity index (χ3v) is 6.65. The van der Waals surface area contributed by atoms with Gasteiger partial charge < -0.3 is 30.1 Å². The van der Waals surface area contributed by atoms with Crippen LogP contribution in [0.3, 0.4) is 0 Å². The van der Waals surface area contributed by atoms with E-state index in [1.54, 1.807) is 20.8 Å². The topological polar surface area (TPSA) is 134 Å². The Hall–Kier alpha value is -2.62. The number of methoxy groups -OCH3 is 1. The lowest BCUT2D eigenvalue weighted by Gasteiger charge is -2.30. The molecule has 0 spiro atoms. The molecule has 3 N–H and O–H groups in total. The van der Waals surface area contributed by atoms with Gasteiger partial charge in [-0.15, -0.1) is 0 Å². The minimum Gasteiger partial charge on any atom is -0.479 e. The van der Waals surface area contributed by atoms with E-state index in [1.165, 1.54) is 12.0 Å². The molecule has 0 unspecified atom stereocenters. The van der Waals surface area contributed by atoms with Crippen molar-refractivity contribution in [2.45, 2.75) is 95.0 Å². The summed E-state index contributed by atoms with van der Waals surface area (Å²) in [7, 11) is 1.51. The highest BCUT2D eigenvalue weighted by Crippen LogP contribution is 2.45. The van der Waals surface area contributed by atoms with Gasteiger partial charge in [0, 0.05) is 26.0 Å². The summed E-state index contributed by atoms with van der Waals surface area (Å²) < 4.78 is 10.8. The standard InChI is InChI=1S/C24H37N3O7/c1-23(2,3)34-22(32)25-17-11-9-7-5-6-8-10-15-13-24(15,21(30)31)26-19(28)18-12-16(33-4)14-27(18)20(17)29/h8,10,15-18H,5-7,9,11-14H2,1-4H3,(H,25,32)(H,26,28)(H,30,31)/t15-,16-,17+,18+,24-/m1/s1. The number of fused-ring (bicyclic) bond motifs is 2. The van der Waals surface area contributed by atoms with Gasteiger partial charge in [0.1, 0.15) is 23.2 Å². The number of carbonyl (C=O) groups excluding carboxylic acids is 3. The van der Waals surface area contributed by atoms with Gasteiger partial charge in [0.25, 0.3) is 0 Å². The number of rotatable bonds is 3. The van der Waals surface area contributed by atoms with Gasteiger partial charge in [-0.05, 0) is 46.5 Å². The van der Waals surface area contributed by atoms with E-state index in [0.717, 1.165) is 19.3 Å². The molecule has 10 nitrogen and oxygen atoms in total. The Morgan fingerprint density at radius 1 is 1.24 bits per heavy atom. The van der Waals surface area contributed by atoms with E-state index < -0.39 is 47.1 Å². The summed E-state index contributed by atoms with van der Waals surface area (Å²) >= 11 is 0. The van der Waals surface area contributed by atoms with Gasteiger partial charge in [0.05, 0.1) is 6.10 Å². The van der Waals surface area contributed by atoms with E-state index in [2.05, 4.69) is 10.6 Å². The van der Waals surface area contributed by atoms with E-state index in [4.69, 9.17) is 9.47 Å². The summed E-state index contributed by atoms with van der Waals surface area (Å²) in [5, 5.41) is 15.2. The van der Waals surface area contributed by atoms with Crippen molar-refractivity contribution >= 4 is 23.9 Å². The van der Waals surface area contributed by atoms with Crippen LogP contribution in [-0.4, -0.2) is 76.9 Å². The highest BCUT2D eigenvalue weighted by molar-refractivity contribution is 5.96. The zero-order valence-corrected chi connectivity index (χ0v) is 20.5. The number of carboxylic acids is 1. The van der Waals surface area contributed by atoms with Crippen LogP contribution in [0.5, 0.6) is 0 Å². The zero-order valence-electron chi connectivity index (χ0n) is 20.5. The summed E-state index contributed by atoms with van der Waals surface area (Å²) in [6, 6.07) is -1.74. The Kier molecular flexibility index (Phi) is 7.90. The summed E-state index contributed by atoms with van der Waals surface area (Å²) in [6.07, 6.45) is 6.97. The summed E-state index contributed by atoms with van der Waals surface area (Å²) in [5.41, 5.74) is -2.07. The normalized spacial score (nSPS) is 32.5. The van der Waals surface area contributed by atoms with Gasteiger partial charge in [0.2, 0.25) is 11.8 Å². The molecule has 0 aromatic carbocycles. The van der Waals surface area contributed by atoms with Crippen molar-refractivity contribution in [3.8, 4) is 0 Å². The largest absolute Gasteiger partial charge is 0.479 e. The summed E-state index contributed by atoms with van der Waals surface area (Å²) in [6.45, 7) is 5.41. The first-order valence-electron chi connectivity index (χ1n) is 12.0. The minimum absolute atomic E-state index is 0.184. The van der Waals surface area contributed by atoms with Crippen LogP contribution >= 0.6 is 0 Å². The Labute approximate surface area is 200 Å². The lowest BCUT2D eigenvalue weighted by molar-refractivity contribution is -0.145. The maximum Gasteiger partial charge on any atom is 0.408 e. The predicted molar refractivity (Wildman–Crippen MR) is 123 cm³/mol. The molecular weight excluding hydrogens is 442 g/mol. The average molecular weight is 480 g/mol. The fraction of sp³-hybridized carbons (Fsp3) is 0.750. The molecule has 10 heteroatoms. The first-order valence-corrected chi connectivity index (χ1v) is 12.0. The second-order valence-corrected chi connectivity index (χ2v) is 10.4. The van der Waals surface area contributed by atoms with E-state index in [1.807, 2.05) is 12.2 Å². The molecule has 190 valence electrons. The number of carbonyl (C=O) groups is 4. The Balaban J connectivity index is 1.85. The van der Waals surface area contributed by atoms with Gasteiger partial charge in [-0.3, -0.25) is 9.59 Å². The summed E-state index contributed by atoms with van der Waals surface area (Å²) in [5.74, 6) is -2.26. The van der Waals surface area contributed by atoms with Gasteiger partial charge >= 0.3 is 12.1 Å². The van der Waals surface area contributed by atoms with Crippen LogP contribution in [0.15, 0.2) is 12.2 Å². The number of allylic oxidation sites excluding steroid dienone is 1. The quantitative estimate of drug-likeness (QED) is 0.527. The molecule has 3 rings (SSSR count). The monoisotopic (exact) mass is 479 g/mol. The van der Waals surface area contributed by atoms with Crippen LogP contribution in [-0.2, 0) is 23.9 Å². The van der Waals surface area contributed by atoms with E-state index in [9.17, 15) is 24.3 Å². The van der Waals surface area contributed by atoms with Crippen LogP contribution in [0.1, 0.15) is 65.7 Å². The molecule has 3 aliphatic rings. The fourth-order valence-corrected chi connectivity index (χ4v) is 4.68. The molecule has 1 saturated heterocycles. The number of hydrogen-bond donors (Lipinski definition) is 3. The van der Waals surface area contributed by atoms with Crippen LogP contribution < -0.4 is 10.6 Å². The molecule has 2 aliphatic heterocycles. The van der Waals surface area contributed by atoms with Crippen LogP contribution in [0.25, 0.3) is 0 Å². The zero-order chi connectivity index (χ0) is 25.1. The SMILES string of the molecule is CO[C@@H]1C[C@H]2C(=O)N[C@]3(C(=O)O)C[C@H]3C=CCCCCC[C@H](NC(=O)OC(C)(C)C)C(=O)N2C1. The van der Waals surface area contributed by atoms with Crippen molar-refractivity contribution in [3.63, 3.8) is 0 Å². The van der Waals surface area contributed by atoms with Crippen molar-refractivity contribution < 1.29 is 33.8 Å². The Morgan fingerprint density at radius 3 is 2.62 bits per heavy atom. The molecule has 34 heavy (non-hydrogen) atoms. The number of nitrogens with zero attached hydrogens (tertiary/aromatic N) is 1. The summed E-state index contributed by atoms with van der Waals surface area (Å²) in [4.78, 5) is 52.7. The van der Waals surface area contributed by atoms with Gasteiger partial charge in [-0.2, -0.15) is 0 Å². The molecule has 2 fully saturated rings. The first kappa shape index (κ1) is 26.0. The average Bonchev–Trinajstić information content (AvgIpc) is 3.26. The lowest BCUT2D eigenvalue weighted by Crippen LogP contribution is -2.56. The molecule has 0 aromatic rings. The van der Waals surface area contributed by atoms with E-state index in [0.29, 0.717) is 19.3 Å². The minimum atomic E-state index is -1.35. The highest BCUT2D eigenvalue weighted by Gasteiger charge is 2.61. The second kappa shape index (κ2) is 10.3. The maximum atomic E-state index is 13.6. The van der Waals surface area contributed by atoms with Crippen LogP contribution in [0.2, 0.25) is 0 Å². The number of hydrogen-bond acceptors (Lipinski definition) is 6. The van der Waals surface area contributed by atoms with Crippen molar-refractivity contribution in [2.75, 3.05) is 13.7 Å². The lowest BCUT2D eigenvalue weighted by atomic mass is 10.0. The van der Waals surface area contributed by atoms with E-state index >= 15 is 0 Å².